The molecule has 3 N–H and O–H groups in total. The van der Waals surface area contributed by atoms with Crippen LogP contribution >= 0.6 is 0 Å². The number of anilines is 1. The van der Waals surface area contributed by atoms with E-state index in [2.05, 4.69) is 20.7 Å². The maximum absolute atomic E-state index is 13.4. The largest absolute Gasteiger partial charge is 0.507 e. The highest BCUT2D eigenvalue weighted by molar-refractivity contribution is 6.04. The van der Waals surface area contributed by atoms with Crippen molar-refractivity contribution in [2.45, 2.75) is 25.3 Å². The van der Waals surface area contributed by atoms with Crippen molar-refractivity contribution in [3.8, 4) is 17.0 Å². The molecule has 2 aromatic heterocycles. The van der Waals surface area contributed by atoms with Crippen LogP contribution in [0.1, 0.15) is 40.4 Å². The van der Waals surface area contributed by atoms with Gasteiger partial charge < -0.3 is 15.7 Å². The van der Waals surface area contributed by atoms with Crippen LogP contribution in [-0.2, 0) is 6.54 Å². The summed E-state index contributed by atoms with van der Waals surface area (Å²) in [5.74, 6) is -0.578. The molecule has 0 spiro atoms. The number of hydrogen-bond donors (Lipinski definition) is 3. The quantitative estimate of drug-likeness (QED) is 0.378. The van der Waals surface area contributed by atoms with Crippen molar-refractivity contribution in [1.82, 2.24) is 20.1 Å². The van der Waals surface area contributed by atoms with Crippen LogP contribution < -0.4 is 10.6 Å². The highest BCUT2D eigenvalue weighted by Crippen LogP contribution is 2.42. The number of halogens is 1. The third-order valence-electron chi connectivity index (χ3n) is 5.71. The van der Waals surface area contributed by atoms with Crippen molar-refractivity contribution in [2.24, 2.45) is 0 Å². The molecule has 2 amide bonds. The first-order valence-electron chi connectivity index (χ1n) is 11.2. The van der Waals surface area contributed by atoms with Crippen LogP contribution in [0.2, 0.25) is 0 Å². The van der Waals surface area contributed by atoms with Crippen LogP contribution in [0.15, 0.2) is 73.1 Å². The van der Waals surface area contributed by atoms with Crippen molar-refractivity contribution in [3.63, 3.8) is 0 Å². The van der Waals surface area contributed by atoms with E-state index in [-0.39, 0.29) is 29.9 Å². The monoisotopic (exact) mass is 471 g/mol. The van der Waals surface area contributed by atoms with E-state index in [0.29, 0.717) is 28.1 Å². The molecule has 1 saturated carbocycles. The molecule has 0 bridgehead atoms. The van der Waals surface area contributed by atoms with Crippen molar-refractivity contribution in [3.05, 3.63) is 95.7 Å². The maximum Gasteiger partial charge on any atom is 0.342 e. The number of nitrogens with zero attached hydrogens (tertiary/aromatic N) is 3. The van der Waals surface area contributed by atoms with E-state index in [1.54, 1.807) is 48.7 Å². The predicted molar refractivity (Wildman–Crippen MR) is 128 cm³/mol. The van der Waals surface area contributed by atoms with Gasteiger partial charge in [-0.25, -0.2) is 9.18 Å². The molecule has 2 aromatic carbocycles. The van der Waals surface area contributed by atoms with Crippen LogP contribution in [0.5, 0.6) is 5.75 Å². The number of aromatic hydroxyl groups is 1. The first-order chi connectivity index (χ1) is 17.0. The van der Waals surface area contributed by atoms with E-state index in [1.165, 1.54) is 29.1 Å². The summed E-state index contributed by atoms with van der Waals surface area (Å²) >= 11 is 0. The molecule has 8 nitrogen and oxygen atoms in total. The molecule has 0 atom stereocenters. The third-order valence-corrected chi connectivity index (χ3v) is 5.71. The van der Waals surface area contributed by atoms with Gasteiger partial charge in [-0.05, 0) is 60.9 Å². The van der Waals surface area contributed by atoms with E-state index < -0.39 is 6.03 Å². The second-order valence-electron chi connectivity index (χ2n) is 8.36. The molecule has 0 aliphatic heterocycles. The van der Waals surface area contributed by atoms with Crippen LogP contribution in [0.4, 0.5) is 14.9 Å². The van der Waals surface area contributed by atoms with Crippen molar-refractivity contribution < 1.29 is 19.1 Å². The Morgan fingerprint density at radius 1 is 1.09 bits per heavy atom. The van der Waals surface area contributed by atoms with Crippen molar-refractivity contribution in [2.75, 3.05) is 5.32 Å². The summed E-state index contributed by atoms with van der Waals surface area (Å²) in [5.41, 5.74) is 3.08. The fraction of sp³-hybridized carbons (Fsp3) is 0.154. The Labute approximate surface area is 200 Å². The zero-order chi connectivity index (χ0) is 24.4. The highest BCUT2D eigenvalue weighted by atomic mass is 19.1. The zero-order valence-electron chi connectivity index (χ0n) is 18.6. The lowest BCUT2D eigenvalue weighted by Crippen LogP contribution is -2.30. The molecule has 2 heterocycles. The highest BCUT2D eigenvalue weighted by Gasteiger charge is 2.30. The Morgan fingerprint density at radius 3 is 2.66 bits per heavy atom. The molecule has 1 aliphatic rings. The number of phenols is 1. The van der Waals surface area contributed by atoms with Gasteiger partial charge in [0.15, 0.2) is 0 Å². The lowest BCUT2D eigenvalue weighted by molar-refractivity contribution is 0.102. The van der Waals surface area contributed by atoms with E-state index in [9.17, 15) is 19.1 Å². The Hall–Kier alpha value is -4.53. The molecule has 9 heteroatoms. The van der Waals surface area contributed by atoms with Crippen molar-refractivity contribution >= 4 is 17.6 Å². The van der Waals surface area contributed by atoms with Crippen LogP contribution in [0, 0.1) is 5.82 Å². The van der Waals surface area contributed by atoms with Gasteiger partial charge in [0.05, 0.1) is 17.0 Å². The normalized spacial score (nSPS) is 12.8. The molecule has 35 heavy (non-hydrogen) atoms. The summed E-state index contributed by atoms with van der Waals surface area (Å²) in [5, 5.41) is 20.6. The van der Waals surface area contributed by atoms with Gasteiger partial charge in [0, 0.05) is 42.2 Å². The molecule has 0 unspecified atom stereocenters. The number of rotatable bonds is 6. The third kappa shape index (κ3) is 5.03. The smallest absolute Gasteiger partial charge is 0.342 e. The number of carbonyl (C=O) groups is 2. The van der Waals surface area contributed by atoms with E-state index in [1.807, 2.05) is 0 Å². The minimum atomic E-state index is -0.428. The number of aromatic nitrogens is 3. The van der Waals surface area contributed by atoms with Crippen LogP contribution in [0.25, 0.3) is 11.3 Å². The van der Waals surface area contributed by atoms with Gasteiger partial charge in [0.25, 0.3) is 5.91 Å². The zero-order valence-corrected chi connectivity index (χ0v) is 18.6. The summed E-state index contributed by atoms with van der Waals surface area (Å²) < 4.78 is 14.7. The molecule has 4 aromatic rings. The molecule has 1 aliphatic carbocycles. The predicted octanol–water partition coefficient (Wildman–Crippen LogP) is 4.68. The van der Waals surface area contributed by atoms with Crippen molar-refractivity contribution in [1.29, 1.82) is 0 Å². The number of amides is 2. The molecular formula is C26H22FN5O3. The number of benzene rings is 2. The summed E-state index contributed by atoms with van der Waals surface area (Å²) in [4.78, 5) is 29.2. The second-order valence-corrected chi connectivity index (χ2v) is 8.36. The number of pyridine rings is 1. The number of phenolic OH excluding ortho intramolecular Hbond substituents is 1. The maximum atomic E-state index is 13.4. The first-order valence-corrected chi connectivity index (χ1v) is 11.2. The Kier molecular flexibility index (Phi) is 5.97. The number of hydrogen-bond acceptors (Lipinski definition) is 5. The minimum Gasteiger partial charge on any atom is -0.507 e. The van der Waals surface area contributed by atoms with Crippen LogP contribution in [0.3, 0.4) is 0 Å². The standard InChI is InChI=1S/C26H22FN5O3/c27-19-5-1-3-16(11-19)14-29-26(35)32-23(17-6-7-17)13-22(31-32)21-9-8-20(12-24(21)33)30-25(34)18-4-2-10-28-15-18/h1-5,8-13,15,17,33H,6-7,14H2,(H,29,35)(H,30,34). The molecule has 0 saturated heterocycles. The minimum absolute atomic E-state index is 0.0823. The fourth-order valence-electron chi connectivity index (χ4n) is 3.79. The summed E-state index contributed by atoms with van der Waals surface area (Å²) in [6.45, 7) is 0.159. The SMILES string of the molecule is O=C(Nc1ccc(-c2cc(C3CC3)n(C(=O)NCc3cccc(F)c3)n2)c(O)c1)c1cccnc1. The number of carbonyl (C=O) groups excluding carboxylic acids is 2. The van der Waals surface area contributed by atoms with Gasteiger partial charge >= 0.3 is 6.03 Å². The molecule has 176 valence electrons. The average molecular weight is 471 g/mol. The molecule has 0 radical (unpaired) electrons. The molecule has 5 rings (SSSR count). The summed E-state index contributed by atoms with van der Waals surface area (Å²) in [7, 11) is 0. The van der Waals surface area contributed by atoms with E-state index >= 15 is 0 Å². The summed E-state index contributed by atoms with van der Waals surface area (Å²) in [6, 6.07) is 15.4. The Balaban J connectivity index is 1.35. The van der Waals surface area contributed by atoms with Gasteiger partial charge in [-0.15, -0.1) is 0 Å². The molecule has 1 fully saturated rings. The lowest BCUT2D eigenvalue weighted by atomic mass is 10.1. The topological polar surface area (TPSA) is 109 Å². The first kappa shape index (κ1) is 22.3. The van der Waals surface area contributed by atoms with Gasteiger partial charge in [0.2, 0.25) is 0 Å². The lowest BCUT2D eigenvalue weighted by Gasteiger charge is -2.08. The Morgan fingerprint density at radius 2 is 1.94 bits per heavy atom. The van der Waals surface area contributed by atoms with E-state index in [4.69, 9.17) is 0 Å². The van der Waals surface area contributed by atoms with E-state index in [0.717, 1.165) is 18.5 Å². The fourth-order valence-corrected chi connectivity index (χ4v) is 3.79. The Bertz CT molecular complexity index is 1400. The van der Waals surface area contributed by atoms with Gasteiger partial charge in [-0.2, -0.15) is 9.78 Å². The van der Waals surface area contributed by atoms with Gasteiger partial charge in [0.1, 0.15) is 11.6 Å². The van der Waals surface area contributed by atoms with Gasteiger partial charge in [-0.1, -0.05) is 12.1 Å². The van der Waals surface area contributed by atoms with Gasteiger partial charge in [-0.3, -0.25) is 9.78 Å². The molecular weight excluding hydrogens is 449 g/mol. The number of nitrogens with one attached hydrogen (secondary N) is 2. The van der Waals surface area contributed by atoms with Crippen LogP contribution in [-0.4, -0.2) is 31.8 Å². The average Bonchev–Trinajstić information content (AvgIpc) is 3.61. The second kappa shape index (κ2) is 9.38. The summed E-state index contributed by atoms with van der Waals surface area (Å²) in [6.07, 6.45) is 4.93.